The number of urea groups is 1. The normalized spacial score (nSPS) is 20.0. The monoisotopic (exact) mass is 492 g/mol. The number of rotatable bonds is 5. The maximum absolute atomic E-state index is 12.0. The first kappa shape index (κ1) is 23.2. The van der Waals surface area contributed by atoms with Crippen LogP contribution in [0.3, 0.4) is 0 Å². The lowest BCUT2D eigenvalue weighted by Gasteiger charge is -2.35. The highest BCUT2D eigenvalue weighted by Gasteiger charge is 2.42. The van der Waals surface area contributed by atoms with Crippen LogP contribution in [0.4, 0.5) is 9.93 Å². The number of benzene rings is 1. The van der Waals surface area contributed by atoms with Gasteiger partial charge >= 0.3 is 6.03 Å². The number of pyridine rings is 1. The van der Waals surface area contributed by atoms with E-state index in [4.69, 9.17) is 4.74 Å². The zero-order valence-corrected chi connectivity index (χ0v) is 19.7. The van der Waals surface area contributed by atoms with Crippen molar-refractivity contribution in [3.8, 4) is 22.4 Å². The topological polar surface area (TPSA) is 142 Å². The second-order valence-electron chi connectivity index (χ2n) is 8.15. The van der Waals surface area contributed by atoms with E-state index < -0.39 is 11.7 Å². The molecule has 180 valence electrons. The highest BCUT2D eigenvalue weighted by molar-refractivity contribution is 7.22. The zero-order valence-electron chi connectivity index (χ0n) is 18.9. The highest BCUT2D eigenvalue weighted by Crippen LogP contribution is 2.38. The van der Waals surface area contributed by atoms with Gasteiger partial charge in [0.25, 0.3) is 0 Å². The van der Waals surface area contributed by atoms with Crippen molar-refractivity contribution in [2.75, 3.05) is 25.1 Å². The molecule has 2 atom stereocenters. The Hall–Kier alpha value is -3.51. The molecule has 4 heterocycles. The second-order valence-corrected chi connectivity index (χ2v) is 9.15. The Morgan fingerprint density at radius 2 is 2.06 bits per heavy atom. The molecule has 0 spiro atoms. The lowest BCUT2D eigenvalue weighted by molar-refractivity contribution is -0.162. The summed E-state index contributed by atoms with van der Waals surface area (Å²) in [6.45, 7) is 2.70. The Balaban J connectivity index is 1.55. The van der Waals surface area contributed by atoms with Gasteiger partial charge in [0.2, 0.25) is 0 Å². The van der Waals surface area contributed by atoms with Gasteiger partial charge in [-0.05, 0) is 36.8 Å². The van der Waals surface area contributed by atoms with Gasteiger partial charge in [-0.25, -0.2) is 19.7 Å². The van der Waals surface area contributed by atoms with Crippen LogP contribution in [0.1, 0.15) is 19.2 Å². The smallest absolute Gasteiger partial charge is 0.321 e. The SMILES string of the molecule is CCNC(=O)Nc1nc2cc(-c3cnc([C@@]4(O)CCOC[C@H]4O)nc3)cc(-c3ccccn3)c2s1. The largest absolute Gasteiger partial charge is 0.387 e. The number of nitrogens with zero attached hydrogens (tertiary/aromatic N) is 4. The van der Waals surface area contributed by atoms with Gasteiger partial charge in [-0.3, -0.25) is 10.3 Å². The maximum Gasteiger partial charge on any atom is 0.321 e. The lowest BCUT2D eigenvalue weighted by Crippen LogP contribution is -2.48. The van der Waals surface area contributed by atoms with E-state index in [0.29, 0.717) is 29.4 Å². The van der Waals surface area contributed by atoms with Gasteiger partial charge in [0.15, 0.2) is 16.6 Å². The molecule has 0 unspecified atom stereocenters. The van der Waals surface area contributed by atoms with Gasteiger partial charge in [-0.2, -0.15) is 0 Å². The fraction of sp³-hybridized carbons (Fsp3) is 0.292. The van der Waals surface area contributed by atoms with E-state index in [1.54, 1.807) is 18.6 Å². The van der Waals surface area contributed by atoms with Crippen molar-refractivity contribution in [3.63, 3.8) is 0 Å². The number of amides is 2. The molecule has 2 amide bonds. The predicted molar refractivity (Wildman–Crippen MR) is 132 cm³/mol. The van der Waals surface area contributed by atoms with E-state index in [9.17, 15) is 15.0 Å². The van der Waals surface area contributed by atoms with Gasteiger partial charge in [-0.15, -0.1) is 0 Å². The van der Waals surface area contributed by atoms with Crippen molar-refractivity contribution >= 4 is 32.7 Å². The van der Waals surface area contributed by atoms with Crippen LogP contribution in [-0.2, 0) is 10.3 Å². The number of hydrogen-bond acceptors (Lipinski definition) is 9. The number of carbonyl (C=O) groups is 1. The fourth-order valence-electron chi connectivity index (χ4n) is 3.96. The number of anilines is 1. The summed E-state index contributed by atoms with van der Waals surface area (Å²) in [5.41, 5.74) is 2.30. The first-order valence-corrected chi connectivity index (χ1v) is 12.0. The van der Waals surface area contributed by atoms with E-state index in [-0.39, 0.29) is 24.9 Å². The molecule has 1 saturated heterocycles. The minimum Gasteiger partial charge on any atom is -0.387 e. The van der Waals surface area contributed by atoms with Crippen LogP contribution in [0, 0.1) is 0 Å². The van der Waals surface area contributed by atoms with Gasteiger partial charge < -0.3 is 20.3 Å². The second kappa shape index (κ2) is 9.62. The summed E-state index contributed by atoms with van der Waals surface area (Å²) in [6, 6.07) is 9.24. The molecule has 4 N–H and O–H groups in total. The number of aliphatic hydroxyl groups excluding tert-OH is 1. The Kier molecular flexibility index (Phi) is 6.39. The standard InChI is InChI=1S/C24H24N6O4S/c1-2-25-22(32)30-23-29-18-10-14(9-16(20(18)35-23)17-5-3-4-7-26-17)15-11-27-21(28-12-15)24(33)6-8-34-13-19(24)31/h3-5,7,9-12,19,31,33H,2,6,8,13H2,1H3,(H2,25,29,30,32)/t19-,24-/m1/s1. The van der Waals surface area contributed by atoms with Gasteiger partial charge in [-0.1, -0.05) is 17.4 Å². The molecule has 0 bridgehead atoms. The molecule has 4 aromatic rings. The third-order valence-electron chi connectivity index (χ3n) is 5.82. The molecule has 0 radical (unpaired) electrons. The summed E-state index contributed by atoms with van der Waals surface area (Å²) in [5.74, 6) is 0.158. The maximum atomic E-state index is 12.0. The van der Waals surface area contributed by atoms with Crippen LogP contribution < -0.4 is 10.6 Å². The lowest BCUT2D eigenvalue weighted by atomic mass is 9.90. The van der Waals surface area contributed by atoms with E-state index in [1.807, 2.05) is 37.3 Å². The minimum absolute atomic E-state index is 0.0299. The number of hydrogen-bond donors (Lipinski definition) is 4. The number of aromatic nitrogens is 4. The molecule has 10 nitrogen and oxygen atoms in total. The molecule has 35 heavy (non-hydrogen) atoms. The number of nitrogens with one attached hydrogen (secondary N) is 2. The Morgan fingerprint density at radius 3 is 2.77 bits per heavy atom. The average Bonchev–Trinajstić information content (AvgIpc) is 3.28. The van der Waals surface area contributed by atoms with Crippen LogP contribution >= 0.6 is 11.3 Å². The number of fused-ring (bicyclic) bond motifs is 1. The Bertz CT molecular complexity index is 1350. The van der Waals surface area contributed by atoms with Gasteiger partial charge in [0.1, 0.15) is 6.10 Å². The van der Waals surface area contributed by atoms with E-state index in [0.717, 1.165) is 21.5 Å². The quantitative estimate of drug-likeness (QED) is 0.333. The van der Waals surface area contributed by atoms with Crippen LogP contribution in [0.2, 0.25) is 0 Å². The average molecular weight is 493 g/mol. The summed E-state index contributed by atoms with van der Waals surface area (Å²) in [4.78, 5) is 29.9. The molecular formula is C24H24N6O4S. The van der Waals surface area contributed by atoms with Crippen LogP contribution in [0.15, 0.2) is 48.9 Å². The summed E-state index contributed by atoms with van der Waals surface area (Å²) in [6.07, 6.45) is 4.07. The minimum atomic E-state index is -1.55. The third-order valence-corrected chi connectivity index (χ3v) is 6.84. The zero-order chi connectivity index (χ0) is 24.4. The molecule has 1 aliphatic rings. The number of carbonyl (C=O) groups excluding carboxylic acids is 1. The van der Waals surface area contributed by atoms with Crippen molar-refractivity contribution in [1.29, 1.82) is 0 Å². The van der Waals surface area contributed by atoms with Crippen molar-refractivity contribution < 1.29 is 19.7 Å². The molecule has 3 aromatic heterocycles. The number of thiazole rings is 1. The molecular weight excluding hydrogens is 468 g/mol. The summed E-state index contributed by atoms with van der Waals surface area (Å²) in [7, 11) is 0. The van der Waals surface area contributed by atoms with Crippen LogP contribution in [-0.4, -0.2) is 62.0 Å². The number of aliphatic hydroxyl groups is 2. The summed E-state index contributed by atoms with van der Waals surface area (Å²) in [5, 5.41) is 27.1. The van der Waals surface area contributed by atoms with E-state index in [1.165, 1.54) is 11.3 Å². The molecule has 0 aliphatic carbocycles. The van der Waals surface area contributed by atoms with Gasteiger partial charge in [0, 0.05) is 49.3 Å². The van der Waals surface area contributed by atoms with Crippen molar-refractivity contribution in [1.82, 2.24) is 25.3 Å². The highest BCUT2D eigenvalue weighted by atomic mass is 32.1. The van der Waals surface area contributed by atoms with Crippen LogP contribution in [0.5, 0.6) is 0 Å². The third kappa shape index (κ3) is 4.58. The first-order chi connectivity index (χ1) is 17.0. The van der Waals surface area contributed by atoms with E-state index in [2.05, 4.69) is 30.6 Å². The first-order valence-electron chi connectivity index (χ1n) is 11.2. The molecule has 1 fully saturated rings. The predicted octanol–water partition coefficient (Wildman–Crippen LogP) is 2.93. The Labute approximate surface area is 205 Å². The summed E-state index contributed by atoms with van der Waals surface area (Å²) >= 11 is 1.37. The van der Waals surface area contributed by atoms with Crippen molar-refractivity contribution in [2.24, 2.45) is 0 Å². The van der Waals surface area contributed by atoms with Crippen molar-refractivity contribution in [3.05, 3.63) is 54.7 Å². The summed E-state index contributed by atoms with van der Waals surface area (Å²) < 4.78 is 6.11. The Morgan fingerprint density at radius 1 is 1.23 bits per heavy atom. The molecule has 0 saturated carbocycles. The van der Waals surface area contributed by atoms with Crippen molar-refractivity contribution in [2.45, 2.75) is 25.0 Å². The van der Waals surface area contributed by atoms with Crippen LogP contribution in [0.25, 0.3) is 32.6 Å². The molecule has 5 rings (SSSR count). The molecule has 1 aliphatic heterocycles. The van der Waals surface area contributed by atoms with E-state index >= 15 is 0 Å². The fourth-order valence-corrected chi connectivity index (χ4v) is 4.92. The van der Waals surface area contributed by atoms with Gasteiger partial charge in [0.05, 0.1) is 22.5 Å². The molecule has 1 aromatic carbocycles. The number of ether oxygens (including phenoxy) is 1. The molecule has 11 heteroatoms.